The summed E-state index contributed by atoms with van der Waals surface area (Å²) in [6.07, 6.45) is 31.0. The van der Waals surface area contributed by atoms with Crippen LogP contribution in [-0.4, -0.2) is 0 Å². The molecule has 0 nitrogen and oxygen atoms in total. The van der Waals surface area contributed by atoms with Gasteiger partial charge in [-0.15, -0.1) is 0 Å². The molecule has 6 atom stereocenters. The topological polar surface area (TPSA) is 0 Å². The van der Waals surface area contributed by atoms with E-state index in [0.29, 0.717) is 16.2 Å². The molecule has 6 aliphatic rings. The minimum atomic E-state index is 0.687. The number of fused-ring (bicyclic) bond motifs is 6. The third-order valence-electron chi connectivity index (χ3n) is 22.6. The molecule has 0 radical (unpaired) electrons. The van der Waals surface area contributed by atoms with Crippen molar-refractivity contribution in [2.45, 2.75) is 167 Å². The van der Waals surface area contributed by atoms with Crippen LogP contribution in [-0.2, 0) is 0 Å². The van der Waals surface area contributed by atoms with Gasteiger partial charge >= 0.3 is 0 Å². The Morgan fingerprint density at radius 1 is 0.222 bits per heavy atom. The standard InChI is InChI=1S/C20H34.C18H20.C18H14.C12H16.C12H10.C10H8/c1-18-11-6-8-16(18)20(3)14-9-15-7-4-5-12-19(15,2)17(20)10-13-18;2*1-3-7-15(8-4-1)17-11-13-18(14-12-17)16-9-5-2-6-10-16;2*1-3-7-11(8-4-1)12-9-5-2-6-10-12;1-2-6-10-8-4-3-7-9(10)5-1/h15-17H,4-14H2,1-3H3;1,3-4,7-8,11-14,16H,2,5-6,9-10H2;1-14H;1,3-4,7-8,12H,2,5-6,9-10H2;1-10H;1-8H/t15?,16?,17?,18-,19-,20-;;;;;/m0...../s1. The lowest BCUT2D eigenvalue weighted by molar-refractivity contribution is -0.157. The maximum absolute atomic E-state index is 2.72. The molecule has 90 heavy (non-hydrogen) atoms. The van der Waals surface area contributed by atoms with Crippen molar-refractivity contribution < 1.29 is 0 Å². The fourth-order valence-corrected chi connectivity index (χ4v) is 17.7. The summed E-state index contributed by atoms with van der Waals surface area (Å²) in [5.74, 6) is 4.84. The van der Waals surface area contributed by atoms with E-state index in [-0.39, 0.29) is 0 Å². The van der Waals surface area contributed by atoms with E-state index >= 15 is 0 Å². The van der Waals surface area contributed by atoms with Gasteiger partial charge in [0.15, 0.2) is 0 Å². The molecule has 10 aromatic rings. The van der Waals surface area contributed by atoms with Crippen molar-refractivity contribution in [2.75, 3.05) is 0 Å². The molecule has 0 spiro atoms. The highest BCUT2D eigenvalue weighted by molar-refractivity contribution is 5.82. The van der Waals surface area contributed by atoms with Gasteiger partial charge in [0.2, 0.25) is 0 Å². The first kappa shape index (κ1) is 64.0. The highest BCUT2D eigenvalue weighted by atomic mass is 14.7. The second kappa shape index (κ2) is 32.0. The minimum Gasteiger partial charge on any atom is -0.0622 e. The van der Waals surface area contributed by atoms with Gasteiger partial charge in [0.05, 0.1) is 0 Å². The van der Waals surface area contributed by atoms with E-state index in [4.69, 9.17) is 0 Å². The Morgan fingerprint density at radius 3 is 0.956 bits per heavy atom. The maximum atomic E-state index is 2.72. The Kier molecular flexibility index (Phi) is 22.7. The molecule has 0 heteroatoms. The minimum absolute atomic E-state index is 0.687. The fraction of sp³-hybridized carbons (Fsp3) is 0.356. The molecule has 0 N–H and O–H groups in total. The summed E-state index contributed by atoms with van der Waals surface area (Å²) in [5, 5.41) is 2.62. The van der Waals surface area contributed by atoms with Crippen molar-refractivity contribution in [3.63, 3.8) is 0 Å². The fourth-order valence-electron chi connectivity index (χ4n) is 17.7. The van der Waals surface area contributed by atoms with Gasteiger partial charge in [-0.3, -0.25) is 0 Å². The second-order valence-electron chi connectivity index (χ2n) is 28.1. The molecule has 0 aliphatic heterocycles. The summed E-state index contributed by atoms with van der Waals surface area (Å²) in [6, 6.07) is 97.9. The van der Waals surface area contributed by atoms with E-state index in [1.165, 1.54) is 151 Å². The number of benzene rings is 10. The zero-order chi connectivity index (χ0) is 61.7. The Labute approximate surface area is 543 Å². The van der Waals surface area contributed by atoms with E-state index in [1.807, 2.05) is 24.3 Å². The predicted molar refractivity (Wildman–Crippen MR) is 389 cm³/mol. The largest absolute Gasteiger partial charge is 0.0622 e. The van der Waals surface area contributed by atoms with Crippen LogP contribution in [0.3, 0.4) is 0 Å². The summed E-state index contributed by atoms with van der Waals surface area (Å²) in [4.78, 5) is 0. The molecular weight excluding hydrogens is 1080 g/mol. The quantitative estimate of drug-likeness (QED) is 0.156. The summed E-state index contributed by atoms with van der Waals surface area (Å²) in [5.41, 5.74) is 15.4. The summed E-state index contributed by atoms with van der Waals surface area (Å²) in [7, 11) is 0. The van der Waals surface area contributed by atoms with Gasteiger partial charge in [-0.25, -0.2) is 0 Å². The van der Waals surface area contributed by atoms with Crippen molar-refractivity contribution in [1.29, 1.82) is 0 Å². The molecule has 462 valence electrons. The summed E-state index contributed by atoms with van der Waals surface area (Å²) < 4.78 is 0. The van der Waals surface area contributed by atoms with E-state index in [2.05, 4.69) is 276 Å². The van der Waals surface area contributed by atoms with E-state index in [0.717, 1.165) is 29.6 Å². The predicted octanol–water partition coefficient (Wildman–Crippen LogP) is 26.5. The average Bonchev–Trinajstić information content (AvgIpc) is 1.20. The monoisotopic (exact) mass is 1180 g/mol. The Hall–Kier alpha value is -7.54. The smallest absolute Gasteiger partial charge is 0.0162 e. The summed E-state index contributed by atoms with van der Waals surface area (Å²) in [6.45, 7) is 8.07. The lowest BCUT2D eigenvalue weighted by Gasteiger charge is -2.65. The van der Waals surface area contributed by atoms with Crippen LogP contribution in [0.15, 0.2) is 279 Å². The lowest BCUT2D eigenvalue weighted by Crippen LogP contribution is -2.57. The normalized spacial score (nSPS) is 23.4. The van der Waals surface area contributed by atoms with Gasteiger partial charge in [-0.2, -0.15) is 0 Å². The molecule has 10 aromatic carbocycles. The molecule has 6 aliphatic carbocycles. The van der Waals surface area contributed by atoms with Crippen LogP contribution in [0.25, 0.3) is 55.3 Å². The van der Waals surface area contributed by atoms with E-state index < -0.39 is 0 Å². The molecule has 3 unspecified atom stereocenters. The molecule has 0 saturated heterocycles. The molecule has 6 saturated carbocycles. The van der Waals surface area contributed by atoms with Crippen molar-refractivity contribution in [1.82, 2.24) is 0 Å². The van der Waals surface area contributed by atoms with Crippen molar-refractivity contribution in [3.05, 3.63) is 290 Å². The first-order valence-corrected chi connectivity index (χ1v) is 35.2. The van der Waals surface area contributed by atoms with Gasteiger partial charge in [0.25, 0.3) is 0 Å². The molecular formula is C90H102. The molecule has 6 fully saturated rings. The molecule has 0 heterocycles. The number of hydrogen-bond donors (Lipinski definition) is 0. The Bertz CT molecular complexity index is 3460. The molecule has 16 rings (SSSR count). The molecule has 0 amide bonds. The SMILES string of the molecule is C[C@@]12CCCC1[C@]1(C)CCC3CCCC[C@]3(C)C1CC2.c1ccc(-c2ccc(-c3ccccc3)cc2)cc1.c1ccc(-c2ccc(C3CCCCC3)cc2)cc1.c1ccc(-c2ccccc2)cc1.c1ccc(C2CCCCC2)cc1.c1ccc2ccccc2c1. The van der Waals surface area contributed by atoms with Gasteiger partial charge in [-0.05, 0) is 189 Å². The van der Waals surface area contributed by atoms with E-state index in [9.17, 15) is 0 Å². The third kappa shape index (κ3) is 16.5. The van der Waals surface area contributed by atoms with Crippen LogP contribution in [0.2, 0.25) is 0 Å². The van der Waals surface area contributed by atoms with Crippen LogP contribution in [0.4, 0.5) is 0 Å². The Balaban J connectivity index is 0.000000113. The van der Waals surface area contributed by atoms with Gasteiger partial charge in [0, 0.05) is 0 Å². The third-order valence-corrected chi connectivity index (χ3v) is 22.6. The van der Waals surface area contributed by atoms with Crippen LogP contribution in [0.5, 0.6) is 0 Å². The van der Waals surface area contributed by atoms with Crippen molar-refractivity contribution >= 4 is 10.8 Å². The van der Waals surface area contributed by atoms with Crippen LogP contribution < -0.4 is 0 Å². The first-order valence-electron chi connectivity index (χ1n) is 35.2. The number of rotatable bonds is 6. The first-order chi connectivity index (χ1) is 44.3. The van der Waals surface area contributed by atoms with Crippen LogP contribution >= 0.6 is 0 Å². The van der Waals surface area contributed by atoms with Gasteiger partial charge in [-0.1, -0.05) is 358 Å². The zero-order valence-corrected chi connectivity index (χ0v) is 54.8. The maximum Gasteiger partial charge on any atom is -0.0162 e. The Morgan fingerprint density at radius 2 is 0.556 bits per heavy atom. The van der Waals surface area contributed by atoms with Gasteiger partial charge in [0.1, 0.15) is 0 Å². The van der Waals surface area contributed by atoms with Gasteiger partial charge < -0.3 is 0 Å². The second-order valence-corrected chi connectivity index (χ2v) is 28.1. The van der Waals surface area contributed by atoms with Crippen LogP contribution in [0, 0.1) is 34.0 Å². The zero-order valence-electron chi connectivity index (χ0n) is 54.8. The van der Waals surface area contributed by atoms with E-state index in [1.54, 1.807) is 50.5 Å². The highest BCUT2D eigenvalue weighted by Crippen LogP contribution is 2.71. The lowest BCUT2D eigenvalue weighted by atomic mass is 9.40. The summed E-state index contributed by atoms with van der Waals surface area (Å²) >= 11 is 0. The molecule has 0 bridgehead atoms. The number of hydrogen-bond acceptors (Lipinski definition) is 0. The molecule has 0 aromatic heterocycles. The van der Waals surface area contributed by atoms with Crippen molar-refractivity contribution in [2.24, 2.45) is 34.0 Å². The van der Waals surface area contributed by atoms with Crippen LogP contribution in [0.1, 0.15) is 179 Å². The van der Waals surface area contributed by atoms with Crippen molar-refractivity contribution in [3.8, 4) is 44.5 Å². The highest BCUT2D eigenvalue weighted by Gasteiger charge is 2.62. The average molecular weight is 1180 g/mol.